The zero-order valence-corrected chi connectivity index (χ0v) is 17.4. The number of nitrogens with zero attached hydrogens (tertiary/aromatic N) is 1. The fourth-order valence-electron chi connectivity index (χ4n) is 3.39. The largest absolute Gasteiger partial charge is 0.466 e. The smallest absolute Gasteiger partial charge is 0.251 e. The number of benzene rings is 1. The zero-order chi connectivity index (χ0) is 20.5. The van der Waals surface area contributed by atoms with Crippen LogP contribution in [-0.4, -0.2) is 43.9 Å². The molecular weight excluding hydrogens is 380 g/mol. The van der Waals surface area contributed by atoms with Gasteiger partial charge in [-0.1, -0.05) is 0 Å². The molecule has 7 nitrogen and oxygen atoms in total. The van der Waals surface area contributed by atoms with Crippen LogP contribution in [0.1, 0.15) is 41.3 Å². The molecule has 1 amide bonds. The van der Waals surface area contributed by atoms with Gasteiger partial charge in [-0.25, -0.2) is 8.42 Å². The lowest BCUT2D eigenvalue weighted by atomic mass is 10.2. The van der Waals surface area contributed by atoms with E-state index in [4.69, 9.17) is 9.15 Å². The van der Waals surface area contributed by atoms with E-state index in [0.29, 0.717) is 25.2 Å². The molecular formula is C20H26N2O5S. The lowest BCUT2D eigenvalue weighted by molar-refractivity contribution is -0.0440. The Morgan fingerprint density at radius 2 is 1.75 bits per heavy atom. The Hall–Kier alpha value is -2.16. The predicted molar refractivity (Wildman–Crippen MR) is 105 cm³/mol. The second-order valence-corrected chi connectivity index (χ2v) is 9.16. The van der Waals surface area contributed by atoms with Crippen LogP contribution < -0.4 is 5.32 Å². The Labute approximate surface area is 165 Å². The molecule has 3 rings (SSSR count). The minimum Gasteiger partial charge on any atom is -0.466 e. The predicted octanol–water partition coefficient (Wildman–Crippen LogP) is 2.62. The van der Waals surface area contributed by atoms with Gasteiger partial charge in [-0.15, -0.1) is 0 Å². The van der Waals surface area contributed by atoms with Gasteiger partial charge in [0.25, 0.3) is 5.91 Å². The van der Waals surface area contributed by atoms with Crippen LogP contribution in [0.2, 0.25) is 0 Å². The average Bonchev–Trinajstić information content (AvgIpc) is 2.96. The van der Waals surface area contributed by atoms with Gasteiger partial charge >= 0.3 is 0 Å². The minimum atomic E-state index is -3.62. The SMILES string of the molecule is Cc1cc(CNC(=O)c2ccc(S(=O)(=O)N3CC(C)OC(C)C3)cc2)c(C)o1. The number of hydrogen-bond donors (Lipinski definition) is 1. The summed E-state index contributed by atoms with van der Waals surface area (Å²) in [4.78, 5) is 12.5. The molecule has 1 fully saturated rings. The highest BCUT2D eigenvalue weighted by Gasteiger charge is 2.32. The van der Waals surface area contributed by atoms with Gasteiger partial charge in [0.1, 0.15) is 11.5 Å². The van der Waals surface area contributed by atoms with Crippen LogP contribution in [0.25, 0.3) is 0 Å². The summed E-state index contributed by atoms with van der Waals surface area (Å²) in [5.74, 6) is 1.30. The molecule has 1 aliphatic rings. The average molecular weight is 407 g/mol. The van der Waals surface area contributed by atoms with Crippen molar-refractivity contribution in [1.29, 1.82) is 0 Å². The summed E-state index contributed by atoms with van der Waals surface area (Å²) in [6.45, 7) is 8.40. The second kappa shape index (κ2) is 8.06. The third-order valence-electron chi connectivity index (χ3n) is 4.72. The van der Waals surface area contributed by atoms with Gasteiger partial charge in [-0.05, 0) is 58.0 Å². The summed E-state index contributed by atoms with van der Waals surface area (Å²) in [5.41, 5.74) is 1.32. The van der Waals surface area contributed by atoms with Crippen LogP contribution in [-0.2, 0) is 21.3 Å². The van der Waals surface area contributed by atoms with E-state index in [1.165, 1.54) is 28.6 Å². The maximum atomic E-state index is 12.9. The van der Waals surface area contributed by atoms with E-state index in [1.54, 1.807) is 0 Å². The fraction of sp³-hybridized carbons (Fsp3) is 0.450. The molecule has 2 unspecified atom stereocenters. The van der Waals surface area contributed by atoms with Crippen molar-refractivity contribution in [1.82, 2.24) is 9.62 Å². The summed E-state index contributed by atoms with van der Waals surface area (Å²) in [7, 11) is -3.62. The van der Waals surface area contributed by atoms with Crippen LogP contribution in [0.5, 0.6) is 0 Å². The number of sulfonamides is 1. The summed E-state index contributed by atoms with van der Waals surface area (Å²) >= 11 is 0. The van der Waals surface area contributed by atoms with Crippen LogP contribution in [0.3, 0.4) is 0 Å². The molecule has 1 aromatic carbocycles. The van der Waals surface area contributed by atoms with Crippen LogP contribution in [0.4, 0.5) is 0 Å². The minimum absolute atomic E-state index is 0.154. The lowest BCUT2D eigenvalue weighted by Crippen LogP contribution is -2.48. The molecule has 2 heterocycles. The molecule has 0 radical (unpaired) electrons. The van der Waals surface area contributed by atoms with Crippen molar-refractivity contribution in [3.63, 3.8) is 0 Å². The van der Waals surface area contributed by atoms with Gasteiger partial charge in [-0.2, -0.15) is 4.31 Å². The number of hydrogen-bond acceptors (Lipinski definition) is 5. The number of carbonyl (C=O) groups excluding carboxylic acids is 1. The third-order valence-corrected chi connectivity index (χ3v) is 6.57. The number of nitrogens with one attached hydrogen (secondary N) is 1. The fourth-order valence-corrected chi connectivity index (χ4v) is 4.98. The molecule has 0 bridgehead atoms. The van der Waals surface area contributed by atoms with E-state index in [9.17, 15) is 13.2 Å². The first-order valence-electron chi connectivity index (χ1n) is 9.26. The molecule has 8 heteroatoms. The Bertz CT molecular complexity index is 939. The van der Waals surface area contributed by atoms with Gasteiger partial charge in [-0.3, -0.25) is 4.79 Å². The van der Waals surface area contributed by atoms with Crippen molar-refractivity contribution in [2.24, 2.45) is 0 Å². The van der Waals surface area contributed by atoms with E-state index >= 15 is 0 Å². The molecule has 1 aromatic heterocycles. The van der Waals surface area contributed by atoms with Gasteiger partial charge in [0.15, 0.2) is 0 Å². The number of amides is 1. The van der Waals surface area contributed by atoms with Gasteiger partial charge in [0, 0.05) is 30.8 Å². The number of rotatable bonds is 5. The summed E-state index contributed by atoms with van der Waals surface area (Å²) < 4.78 is 38.2. The monoisotopic (exact) mass is 406 g/mol. The van der Waals surface area contributed by atoms with Gasteiger partial charge in [0.2, 0.25) is 10.0 Å². The van der Waals surface area contributed by atoms with Crippen molar-refractivity contribution in [2.45, 2.75) is 51.3 Å². The number of morpholine rings is 1. The first kappa shape index (κ1) is 20.6. The molecule has 2 atom stereocenters. The summed E-state index contributed by atoms with van der Waals surface area (Å²) in [6.07, 6.45) is -0.308. The van der Waals surface area contributed by atoms with Crippen molar-refractivity contribution in [3.8, 4) is 0 Å². The highest BCUT2D eigenvalue weighted by Crippen LogP contribution is 2.21. The van der Waals surface area contributed by atoms with Crippen LogP contribution in [0.15, 0.2) is 39.6 Å². The van der Waals surface area contributed by atoms with E-state index in [1.807, 2.05) is 33.8 Å². The van der Waals surface area contributed by atoms with Gasteiger partial charge < -0.3 is 14.5 Å². The zero-order valence-electron chi connectivity index (χ0n) is 16.6. The second-order valence-electron chi connectivity index (χ2n) is 7.22. The Kier molecular flexibility index (Phi) is 5.92. The molecule has 152 valence electrons. The maximum absolute atomic E-state index is 12.9. The first-order valence-corrected chi connectivity index (χ1v) is 10.7. The van der Waals surface area contributed by atoms with E-state index in [2.05, 4.69) is 5.32 Å². The Balaban J connectivity index is 1.68. The lowest BCUT2D eigenvalue weighted by Gasteiger charge is -2.34. The highest BCUT2D eigenvalue weighted by atomic mass is 32.2. The van der Waals surface area contributed by atoms with Crippen LogP contribution >= 0.6 is 0 Å². The van der Waals surface area contributed by atoms with Crippen LogP contribution in [0, 0.1) is 13.8 Å². The van der Waals surface area contributed by atoms with Crippen molar-refractivity contribution >= 4 is 15.9 Å². The van der Waals surface area contributed by atoms with E-state index < -0.39 is 10.0 Å². The maximum Gasteiger partial charge on any atom is 0.251 e. The Morgan fingerprint density at radius 1 is 1.14 bits per heavy atom. The summed E-state index contributed by atoms with van der Waals surface area (Å²) in [5, 5.41) is 2.83. The number of carbonyl (C=O) groups is 1. The number of aryl methyl sites for hydroxylation is 2. The van der Waals surface area contributed by atoms with Crippen molar-refractivity contribution in [3.05, 3.63) is 53.0 Å². The molecule has 0 saturated carbocycles. The molecule has 1 aliphatic heterocycles. The quantitative estimate of drug-likeness (QED) is 0.825. The molecule has 0 spiro atoms. The Morgan fingerprint density at radius 3 is 2.29 bits per heavy atom. The van der Waals surface area contributed by atoms with E-state index in [0.717, 1.165) is 17.1 Å². The normalized spacial score (nSPS) is 20.9. The molecule has 28 heavy (non-hydrogen) atoms. The molecule has 1 N–H and O–H groups in total. The summed E-state index contributed by atoms with van der Waals surface area (Å²) in [6, 6.07) is 7.90. The number of furan rings is 1. The van der Waals surface area contributed by atoms with E-state index in [-0.39, 0.29) is 23.0 Å². The molecule has 1 saturated heterocycles. The van der Waals surface area contributed by atoms with Crippen molar-refractivity contribution < 1.29 is 22.4 Å². The molecule has 2 aromatic rings. The first-order chi connectivity index (χ1) is 13.2. The molecule has 0 aliphatic carbocycles. The van der Waals surface area contributed by atoms with Gasteiger partial charge in [0.05, 0.1) is 17.1 Å². The number of ether oxygens (including phenoxy) is 1. The highest BCUT2D eigenvalue weighted by molar-refractivity contribution is 7.89. The topological polar surface area (TPSA) is 88.9 Å². The van der Waals surface area contributed by atoms with Crippen molar-refractivity contribution in [2.75, 3.05) is 13.1 Å². The third kappa shape index (κ3) is 4.45. The standard InChI is InChI=1S/C20H26N2O5S/c1-13-9-18(16(4)27-13)10-21-20(23)17-5-7-19(8-6-17)28(24,25)22-11-14(2)26-15(3)12-22/h5-9,14-15H,10-12H2,1-4H3,(H,21,23).